The zero-order chi connectivity index (χ0) is 14.7. The maximum absolute atomic E-state index is 12.3. The van der Waals surface area contributed by atoms with Crippen LogP contribution in [-0.2, 0) is 0 Å². The Hall–Kier alpha value is -2.47. The summed E-state index contributed by atoms with van der Waals surface area (Å²) in [5, 5.41) is 13.7. The summed E-state index contributed by atoms with van der Waals surface area (Å²) < 4.78 is 0. The first-order valence-corrected chi connectivity index (χ1v) is 7.45. The van der Waals surface area contributed by atoms with Gasteiger partial charge < -0.3 is 5.32 Å². The summed E-state index contributed by atoms with van der Waals surface area (Å²) in [6.07, 6.45) is 0. The van der Waals surface area contributed by atoms with E-state index >= 15 is 0 Å². The van der Waals surface area contributed by atoms with Gasteiger partial charge in [0.25, 0.3) is 5.91 Å². The summed E-state index contributed by atoms with van der Waals surface area (Å²) in [6.45, 7) is 1.83. The normalized spacial score (nSPS) is 12.0. The van der Waals surface area contributed by atoms with Gasteiger partial charge in [-0.15, -0.1) is 0 Å². The number of carbonyl (C=O) groups is 1. The molecule has 2 heterocycles. The second-order valence-electron chi connectivity index (χ2n) is 4.61. The lowest BCUT2D eigenvalue weighted by molar-refractivity contribution is 0.0942. The minimum Gasteiger partial charge on any atom is -0.338 e. The third-order valence-electron chi connectivity index (χ3n) is 3.06. The van der Waals surface area contributed by atoms with Gasteiger partial charge in [-0.2, -0.15) is 16.4 Å². The molecule has 0 aliphatic heterocycles. The van der Waals surface area contributed by atoms with Crippen LogP contribution in [0.1, 0.15) is 33.6 Å². The molecule has 0 radical (unpaired) electrons. The first-order chi connectivity index (χ1) is 10.2. The van der Waals surface area contributed by atoms with Gasteiger partial charge >= 0.3 is 0 Å². The van der Waals surface area contributed by atoms with E-state index in [-0.39, 0.29) is 11.9 Å². The molecule has 0 fully saturated rings. The van der Waals surface area contributed by atoms with Crippen LogP contribution in [0.15, 0.2) is 47.2 Å². The average molecular weight is 298 g/mol. The Morgan fingerprint density at radius 1 is 1.29 bits per heavy atom. The summed E-state index contributed by atoms with van der Waals surface area (Å²) in [4.78, 5) is 16.6. The Balaban J connectivity index is 1.91. The quantitative estimate of drug-likeness (QED) is 0.778. The van der Waals surface area contributed by atoms with Gasteiger partial charge in [0.05, 0.1) is 5.56 Å². The van der Waals surface area contributed by atoms with Crippen molar-refractivity contribution >= 4 is 17.2 Å². The summed E-state index contributed by atoms with van der Waals surface area (Å²) in [5.74, 6) is 1.14. The van der Waals surface area contributed by atoms with Crippen molar-refractivity contribution in [3.05, 3.63) is 69.9 Å². The predicted octanol–water partition coefficient (Wildman–Crippen LogP) is 2.69. The number of thiophene rings is 1. The van der Waals surface area contributed by atoms with Crippen LogP contribution in [0.5, 0.6) is 0 Å². The van der Waals surface area contributed by atoms with E-state index in [4.69, 9.17) is 0 Å². The number of aromatic nitrogens is 3. The van der Waals surface area contributed by atoms with Gasteiger partial charge in [-0.25, -0.2) is 4.98 Å². The fourth-order valence-electron chi connectivity index (χ4n) is 2.04. The largest absolute Gasteiger partial charge is 0.338 e. The molecule has 1 aromatic carbocycles. The summed E-state index contributed by atoms with van der Waals surface area (Å²) in [7, 11) is 0. The fourth-order valence-corrected chi connectivity index (χ4v) is 2.68. The molecule has 2 N–H and O–H groups in total. The number of nitrogens with zero attached hydrogens (tertiary/aromatic N) is 2. The zero-order valence-electron chi connectivity index (χ0n) is 11.4. The number of hydrogen-bond acceptors (Lipinski definition) is 4. The molecule has 0 aliphatic carbocycles. The van der Waals surface area contributed by atoms with E-state index in [0.29, 0.717) is 11.4 Å². The Morgan fingerprint density at radius 2 is 2.10 bits per heavy atom. The minimum absolute atomic E-state index is 0.132. The number of amides is 1. The number of H-pyrrole nitrogens is 1. The second kappa shape index (κ2) is 5.88. The van der Waals surface area contributed by atoms with E-state index in [1.54, 1.807) is 6.07 Å². The molecule has 3 rings (SSSR count). The van der Waals surface area contributed by atoms with Gasteiger partial charge in [-0.1, -0.05) is 30.3 Å². The van der Waals surface area contributed by atoms with Crippen molar-refractivity contribution in [1.82, 2.24) is 20.5 Å². The van der Waals surface area contributed by atoms with Crippen molar-refractivity contribution in [3.63, 3.8) is 0 Å². The van der Waals surface area contributed by atoms with E-state index in [9.17, 15) is 4.79 Å². The highest BCUT2D eigenvalue weighted by atomic mass is 32.1. The Kier molecular flexibility index (Phi) is 3.79. The molecule has 21 heavy (non-hydrogen) atoms. The van der Waals surface area contributed by atoms with Crippen LogP contribution in [0.3, 0.4) is 0 Å². The lowest BCUT2D eigenvalue weighted by Crippen LogP contribution is -2.29. The molecule has 1 atom stereocenters. The van der Waals surface area contributed by atoms with Crippen LogP contribution in [0, 0.1) is 6.92 Å². The highest BCUT2D eigenvalue weighted by Gasteiger charge is 2.21. The van der Waals surface area contributed by atoms with E-state index in [2.05, 4.69) is 20.5 Å². The zero-order valence-corrected chi connectivity index (χ0v) is 12.2. The Labute approximate surface area is 126 Å². The molecule has 3 aromatic rings. The number of aromatic amines is 1. The third-order valence-corrected chi connectivity index (χ3v) is 3.75. The van der Waals surface area contributed by atoms with Crippen LogP contribution in [0.2, 0.25) is 0 Å². The number of benzene rings is 1. The lowest BCUT2D eigenvalue weighted by Gasteiger charge is -2.15. The van der Waals surface area contributed by atoms with Gasteiger partial charge in [0.2, 0.25) is 0 Å². The second-order valence-corrected chi connectivity index (χ2v) is 5.39. The van der Waals surface area contributed by atoms with Crippen LogP contribution in [0.4, 0.5) is 0 Å². The van der Waals surface area contributed by atoms with E-state index < -0.39 is 0 Å². The molecule has 0 aliphatic rings. The summed E-state index contributed by atoms with van der Waals surface area (Å²) in [5.41, 5.74) is 1.59. The van der Waals surface area contributed by atoms with Crippen LogP contribution >= 0.6 is 11.3 Å². The van der Waals surface area contributed by atoms with Gasteiger partial charge in [-0.3, -0.25) is 9.89 Å². The third kappa shape index (κ3) is 3.00. The number of nitrogens with one attached hydrogen (secondary N) is 2. The van der Waals surface area contributed by atoms with Crippen LogP contribution < -0.4 is 5.32 Å². The molecule has 1 unspecified atom stereocenters. The van der Waals surface area contributed by atoms with Crippen molar-refractivity contribution in [2.24, 2.45) is 0 Å². The first-order valence-electron chi connectivity index (χ1n) is 6.51. The molecule has 1 amide bonds. The predicted molar refractivity (Wildman–Crippen MR) is 81.2 cm³/mol. The lowest BCUT2D eigenvalue weighted by atomic mass is 10.1. The van der Waals surface area contributed by atoms with E-state index in [0.717, 1.165) is 11.4 Å². The molecular weight excluding hydrogens is 284 g/mol. The SMILES string of the molecule is Cc1nc(C(NC(=O)c2ccsc2)c2ccccc2)n[nH]1. The van der Waals surface area contributed by atoms with Gasteiger partial charge in [0, 0.05) is 5.38 Å². The molecule has 0 spiro atoms. The fraction of sp³-hybridized carbons (Fsp3) is 0.133. The number of aryl methyl sites for hydroxylation is 1. The molecule has 2 aromatic heterocycles. The van der Waals surface area contributed by atoms with Crippen LogP contribution in [0.25, 0.3) is 0 Å². The molecule has 0 bridgehead atoms. The molecular formula is C15H14N4OS. The standard InChI is InChI=1S/C15H14N4OS/c1-10-16-14(19-18-10)13(11-5-3-2-4-6-11)17-15(20)12-7-8-21-9-12/h2-9,13H,1H3,(H,17,20)(H,16,18,19). The van der Waals surface area contributed by atoms with E-state index in [1.165, 1.54) is 11.3 Å². The smallest absolute Gasteiger partial charge is 0.252 e. The number of rotatable bonds is 4. The van der Waals surface area contributed by atoms with Crippen molar-refractivity contribution in [2.75, 3.05) is 0 Å². The topological polar surface area (TPSA) is 70.7 Å². The Morgan fingerprint density at radius 3 is 2.71 bits per heavy atom. The molecule has 0 saturated heterocycles. The van der Waals surface area contributed by atoms with Crippen molar-refractivity contribution in [1.29, 1.82) is 0 Å². The maximum atomic E-state index is 12.3. The van der Waals surface area contributed by atoms with Crippen molar-refractivity contribution < 1.29 is 4.79 Å². The molecule has 0 saturated carbocycles. The highest BCUT2D eigenvalue weighted by Crippen LogP contribution is 2.19. The summed E-state index contributed by atoms with van der Waals surface area (Å²) >= 11 is 1.49. The van der Waals surface area contributed by atoms with Gasteiger partial charge in [0.1, 0.15) is 11.9 Å². The maximum Gasteiger partial charge on any atom is 0.252 e. The molecule has 5 nitrogen and oxygen atoms in total. The molecule has 6 heteroatoms. The van der Waals surface area contributed by atoms with Crippen molar-refractivity contribution in [3.8, 4) is 0 Å². The van der Waals surface area contributed by atoms with Gasteiger partial charge in [-0.05, 0) is 23.9 Å². The minimum atomic E-state index is -0.372. The molecule has 106 valence electrons. The summed E-state index contributed by atoms with van der Waals surface area (Å²) in [6, 6.07) is 11.1. The average Bonchev–Trinajstić information content (AvgIpc) is 3.17. The Bertz CT molecular complexity index is 721. The highest BCUT2D eigenvalue weighted by molar-refractivity contribution is 7.08. The monoisotopic (exact) mass is 298 g/mol. The van der Waals surface area contributed by atoms with Gasteiger partial charge in [0.15, 0.2) is 5.82 Å². The first kappa shape index (κ1) is 13.5. The van der Waals surface area contributed by atoms with Crippen LogP contribution in [-0.4, -0.2) is 21.1 Å². The number of hydrogen-bond donors (Lipinski definition) is 2. The van der Waals surface area contributed by atoms with E-state index in [1.807, 2.05) is 48.0 Å². The van der Waals surface area contributed by atoms with Crippen molar-refractivity contribution in [2.45, 2.75) is 13.0 Å². The number of carbonyl (C=O) groups excluding carboxylic acids is 1.